The van der Waals surface area contributed by atoms with E-state index < -0.39 is 0 Å². The van der Waals surface area contributed by atoms with Gasteiger partial charge in [-0.25, -0.2) is 0 Å². The average molecular weight is 162 g/mol. The maximum absolute atomic E-state index is 2.38. The van der Waals surface area contributed by atoms with Crippen LogP contribution in [0, 0.1) is 10.8 Å². The lowest BCUT2D eigenvalue weighted by molar-refractivity contribution is 0.244. The lowest BCUT2D eigenvalue weighted by atomic mass is 9.62. The van der Waals surface area contributed by atoms with Crippen molar-refractivity contribution < 1.29 is 0 Å². The van der Waals surface area contributed by atoms with Crippen molar-refractivity contribution in [1.82, 2.24) is 0 Å². The summed E-state index contributed by atoms with van der Waals surface area (Å²) in [5.74, 6) is 0. The van der Waals surface area contributed by atoms with Crippen molar-refractivity contribution in [3.05, 3.63) is 23.8 Å². The smallest absolute Gasteiger partial charge is 0.00740 e. The summed E-state index contributed by atoms with van der Waals surface area (Å²) in [6.45, 7) is 7.13. The number of hydrogen-bond donors (Lipinski definition) is 0. The van der Waals surface area contributed by atoms with E-state index in [-0.39, 0.29) is 0 Å². The van der Waals surface area contributed by atoms with Gasteiger partial charge in [0.25, 0.3) is 0 Å². The first-order chi connectivity index (χ1) is 5.55. The Morgan fingerprint density at radius 1 is 1.17 bits per heavy atom. The molecule has 0 amide bonds. The van der Waals surface area contributed by atoms with Gasteiger partial charge < -0.3 is 0 Å². The second-order valence-corrected chi connectivity index (χ2v) is 5.09. The van der Waals surface area contributed by atoms with Crippen LogP contribution >= 0.6 is 0 Å². The van der Waals surface area contributed by atoms with Crippen LogP contribution in [-0.2, 0) is 0 Å². The van der Waals surface area contributed by atoms with Crippen molar-refractivity contribution in [3.8, 4) is 0 Å². The fraction of sp³-hybridized carbons (Fsp3) is 0.667. The van der Waals surface area contributed by atoms with Gasteiger partial charge in [-0.3, -0.25) is 0 Å². The molecule has 0 nitrogen and oxygen atoms in total. The molecule has 2 rings (SSSR count). The summed E-state index contributed by atoms with van der Waals surface area (Å²) in [5.41, 5.74) is 2.50. The van der Waals surface area contributed by atoms with Crippen LogP contribution in [0.1, 0.15) is 40.0 Å². The van der Waals surface area contributed by atoms with E-state index in [4.69, 9.17) is 0 Å². The van der Waals surface area contributed by atoms with Crippen molar-refractivity contribution in [2.24, 2.45) is 10.8 Å². The molecule has 1 atom stereocenters. The quantitative estimate of drug-likeness (QED) is 0.509. The molecular formula is C12H18. The molecule has 0 saturated heterocycles. The van der Waals surface area contributed by atoms with Crippen LogP contribution in [0.15, 0.2) is 23.8 Å². The van der Waals surface area contributed by atoms with Gasteiger partial charge in [-0.2, -0.15) is 0 Å². The standard InChI is InChI=1S/C12H18/c1-11(2)7-5-9-12(3)8-4-6-10(11)12/h4,6,8H,5,7,9H2,1-3H3. The van der Waals surface area contributed by atoms with Crippen molar-refractivity contribution in [2.75, 3.05) is 0 Å². The molecule has 0 aromatic heterocycles. The largest absolute Gasteiger partial charge is 0.0745 e. The van der Waals surface area contributed by atoms with Crippen molar-refractivity contribution in [1.29, 1.82) is 0 Å². The van der Waals surface area contributed by atoms with Crippen molar-refractivity contribution >= 4 is 0 Å². The van der Waals surface area contributed by atoms with Gasteiger partial charge in [-0.15, -0.1) is 0 Å². The molecular weight excluding hydrogens is 144 g/mol. The first-order valence-electron chi connectivity index (χ1n) is 4.95. The zero-order valence-electron chi connectivity index (χ0n) is 8.35. The van der Waals surface area contributed by atoms with E-state index in [1.807, 2.05) is 0 Å². The van der Waals surface area contributed by atoms with E-state index in [0.717, 1.165) is 0 Å². The van der Waals surface area contributed by atoms with Gasteiger partial charge in [-0.05, 0) is 18.3 Å². The molecule has 66 valence electrons. The van der Waals surface area contributed by atoms with Crippen LogP contribution in [0.4, 0.5) is 0 Å². The van der Waals surface area contributed by atoms with E-state index >= 15 is 0 Å². The fourth-order valence-corrected chi connectivity index (χ4v) is 2.89. The Morgan fingerprint density at radius 3 is 2.58 bits per heavy atom. The van der Waals surface area contributed by atoms with E-state index in [2.05, 4.69) is 39.0 Å². The molecule has 0 aliphatic heterocycles. The molecule has 1 saturated carbocycles. The molecule has 1 unspecified atom stereocenters. The predicted molar refractivity (Wildman–Crippen MR) is 53.0 cm³/mol. The summed E-state index contributed by atoms with van der Waals surface area (Å²) in [5, 5.41) is 0. The summed E-state index contributed by atoms with van der Waals surface area (Å²) < 4.78 is 0. The highest BCUT2D eigenvalue weighted by molar-refractivity contribution is 5.38. The molecule has 0 bridgehead atoms. The lowest BCUT2D eigenvalue weighted by Gasteiger charge is -2.42. The molecule has 12 heavy (non-hydrogen) atoms. The summed E-state index contributed by atoms with van der Waals surface area (Å²) >= 11 is 0. The van der Waals surface area contributed by atoms with Gasteiger partial charge in [-0.1, -0.05) is 51.0 Å². The van der Waals surface area contributed by atoms with Gasteiger partial charge in [0.2, 0.25) is 0 Å². The van der Waals surface area contributed by atoms with Gasteiger partial charge in [0, 0.05) is 5.41 Å². The van der Waals surface area contributed by atoms with Crippen LogP contribution in [0.5, 0.6) is 0 Å². The Labute approximate surface area is 75.4 Å². The molecule has 0 aromatic rings. The molecule has 1 fully saturated rings. The summed E-state index contributed by atoms with van der Waals surface area (Å²) in [4.78, 5) is 0. The van der Waals surface area contributed by atoms with Gasteiger partial charge in [0.15, 0.2) is 0 Å². The first-order valence-corrected chi connectivity index (χ1v) is 4.95. The highest BCUT2D eigenvalue weighted by atomic mass is 14.4. The maximum atomic E-state index is 2.38. The minimum absolute atomic E-state index is 0.405. The van der Waals surface area contributed by atoms with E-state index in [0.29, 0.717) is 10.8 Å². The minimum atomic E-state index is 0.405. The molecule has 0 radical (unpaired) electrons. The summed E-state index contributed by atoms with van der Waals surface area (Å²) in [6, 6.07) is 0. The molecule has 2 aliphatic rings. The van der Waals surface area contributed by atoms with Crippen molar-refractivity contribution in [3.63, 3.8) is 0 Å². The monoisotopic (exact) mass is 162 g/mol. The molecule has 0 aromatic carbocycles. The number of hydrogen-bond acceptors (Lipinski definition) is 0. The topological polar surface area (TPSA) is 0 Å². The Kier molecular flexibility index (Phi) is 1.51. The highest BCUT2D eigenvalue weighted by Gasteiger charge is 2.41. The number of rotatable bonds is 0. The van der Waals surface area contributed by atoms with Crippen LogP contribution < -0.4 is 0 Å². The minimum Gasteiger partial charge on any atom is -0.0745 e. The fourth-order valence-electron chi connectivity index (χ4n) is 2.89. The second-order valence-electron chi connectivity index (χ2n) is 5.09. The number of fused-ring (bicyclic) bond motifs is 1. The van der Waals surface area contributed by atoms with E-state index in [9.17, 15) is 0 Å². The maximum Gasteiger partial charge on any atom is 0.00740 e. The average Bonchev–Trinajstić information content (AvgIpc) is 2.31. The van der Waals surface area contributed by atoms with E-state index in [1.54, 1.807) is 5.57 Å². The third-order valence-corrected chi connectivity index (χ3v) is 3.57. The lowest BCUT2D eigenvalue weighted by Crippen LogP contribution is -2.31. The Bertz CT molecular complexity index is 255. The molecule has 0 N–H and O–H groups in total. The molecule has 2 aliphatic carbocycles. The third kappa shape index (κ3) is 0.972. The summed E-state index contributed by atoms with van der Waals surface area (Å²) in [7, 11) is 0. The Hall–Kier alpha value is -0.520. The predicted octanol–water partition coefficient (Wildman–Crippen LogP) is 3.70. The van der Waals surface area contributed by atoms with Gasteiger partial charge >= 0.3 is 0 Å². The first kappa shape index (κ1) is 8.10. The SMILES string of the molecule is CC1(C)CCCC2(C)C=CC=C12. The van der Waals surface area contributed by atoms with Gasteiger partial charge in [0.1, 0.15) is 0 Å². The van der Waals surface area contributed by atoms with Crippen LogP contribution in [0.25, 0.3) is 0 Å². The molecule has 0 spiro atoms. The normalized spacial score (nSPS) is 37.8. The highest BCUT2D eigenvalue weighted by Crippen LogP contribution is 2.53. The van der Waals surface area contributed by atoms with Crippen LogP contribution in [-0.4, -0.2) is 0 Å². The van der Waals surface area contributed by atoms with E-state index in [1.165, 1.54) is 19.3 Å². The Balaban J connectivity index is 2.39. The van der Waals surface area contributed by atoms with Crippen LogP contribution in [0.2, 0.25) is 0 Å². The molecule has 0 heteroatoms. The van der Waals surface area contributed by atoms with Crippen molar-refractivity contribution in [2.45, 2.75) is 40.0 Å². The second kappa shape index (κ2) is 2.25. The van der Waals surface area contributed by atoms with Crippen LogP contribution in [0.3, 0.4) is 0 Å². The van der Waals surface area contributed by atoms with Gasteiger partial charge in [0.05, 0.1) is 0 Å². The summed E-state index contributed by atoms with van der Waals surface area (Å²) in [6.07, 6.45) is 11.0. The zero-order valence-corrected chi connectivity index (χ0v) is 8.35. The molecule has 0 heterocycles. The third-order valence-electron chi connectivity index (χ3n) is 3.57. The number of allylic oxidation sites excluding steroid dienone is 4. The zero-order chi connectivity index (χ0) is 8.82. The Morgan fingerprint density at radius 2 is 1.92 bits per heavy atom.